The van der Waals surface area contributed by atoms with Crippen molar-refractivity contribution in [2.24, 2.45) is 0 Å². The highest BCUT2D eigenvalue weighted by Gasteiger charge is 2.29. The molecule has 7 heteroatoms. The van der Waals surface area contributed by atoms with Crippen molar-refractivity contribution < 1.29 is 13.2 Å². The van der Waals surface area contributed by atoms with E-state index < -0.39 is 11.7 Å². The Morgan fingerprint density at radius 1 is 1.04 bits per heavy atom. The van der Waals surface area contributed by atoms with Crippen molar-refractivity contribution >= 4 is 5.65 Å². The summed E-state index contributed by atoms with van der Waals surface area (Å²) in [5, 5.41) is 4.03. The largest absolute Gasteiger partial charge is 0.416 e. The summed E-state index contributed by atoms with van der Waals surface area (Å²) in [6.45, 7) is 1.24. The molecule has 0 amide bonds. The first-order chi connectivity index (χ1) is 10.9. The van der Waals surface area contributed by atoms with Gasteiger partial charge in [-0.3, -0.25) is 4.90 Å². The number of fused-ring (bicyclic) bond motifs is 1. The van der Waals surface area contributed by atoms with Crippen molar-refractivity contribution in [3.8, 4) is 0 Å². The van der Waals surface area contributed by atoms with Gasteiger partial charge in [0.2, 0.25) is 0 Å². The van der Waals surface area contributed by atoms with Crippen molar-refractivity contribution in [2.45, 2.75) is 19.3 Å². The minimum Gasteiger partial charge on any atom is -0.298 e. The Bertz CT molecular complexity index is 793. The van der Waals surface area contributed by atoms with E-state index in [0.29, 0.717) is 13.1 Å². The average Bonchev–Trinajstić information content (AvgIpc) is 2.94. The molecule has 0 bridgehead atoms. The van der Waals surface area contributed by atoms with Gasteiger partial charge in [0.15, 0.2) is 5.65 Å². The second kappa shape index (κ2) is 6.00. The summed E-state index contributed by atoms with van der Waals surface area (Å²) in [6, 6.07) is 9.15. The van der Waals surface area contributed by atoms with Crippen LogP contribution in [0.3, 0.4) is 0 Å². The summed E-state index contributed by atoms with van der Waals surface area (Å²) in [7, 11) is 1.92. The Labute approximate surface area is 131 Å². The third-order valence-electron chi connectivity index (χ3n) is 3.53. The van der Waals surface area contributed by atoms with E-state index in [1.54, 1.807) is 4.52 Å². The molecule has 0 saturated heterocycles. The molecule has 0 unspecified atom stereocenters. The Balaban J connectivity index is 1.65. The highest BCUT2D eigenvalue weighted by atomic mass is 19.4. The molecule has 0 saturated carbocycles. The van der Waals surface area contributed by atoms with Gasteiger partial charge in [0, 0.05) is 19.3 Å². The fraction of sp³-hybridized carbons (Fsp3) is 0.250. The molecule has 1 aromatic carbocycles. The first-order valence-electron chi connectivity index (χ1n) is 7.05. The second-order valence-electron chi connectivity index (χ2n) is 5.46. The molecule has 0 aliphatic heterocycles. The number of halogens is 3. The molecule has 0 radical (unpaired) electrons. The predicted molar refractivity (Wildman–Crippen MR) is 79.6 cm³/mol. The smallest absolute Gasteiger partial charge is 0.298 e. The van der Waals surface area contributed by atoms with Gasteiger partial charge in [0.05, 0.1) is 5.56 Å². The molecule has 0 N–H and O–H groups in total. The zero-order valence-electron chi connectivity index (χ0n) is 12.5. The van der Waals surface area contributed by atoms with Crippen LogP contribution >= 0.6 is 0 Å². The van der Waals surface area contributed by atoms with Gasteiger partial charge in [-0.15, -0.1) is 0 Å². The number of rotatable bonds is 4. The van der Waals surface area contributed by atoms with E-state index in [-0.39, 0.29) is 0 Å². The maximum absolute atomic E-state index is 12.5. The summed E-state index contributed by atoms with van der Waals surface area (Å²) >= 11 is 0. The van der Waals surface area contributed by atoms with Crippen molar-refractivity contribution in [3.63, 3.8) is 0 Å². The molecule has 2 aromatic heterocycles. The molecule has 0 aliphatic rings. The third kappa shape index (κ3) is 3.68. The number of aromatic nitrogens is 3. The van der Waals surface area contributed by atoms with Crippen LogP contribution in [0.15, 0.2) is 48.9 Å². The number of pyridine rings is 1. The van der Waals surface area contributed by atoms with Gasteiger partial charge >= 0.3 is 6.18 Å². The fourth-order valence-electron chi connectivity index (χ4n) is 2.43. The van der Waals surface area contributed by atoms with E-state index in [0.717, 1.165) is 28.9 Å². The quantitative estimate of drug-likeness (QED) is 0.739. The van der Waals surface area contributed by atoms with Gasteiger partial charge in [0.25, 0.3) is 0 Å². The van der Waals surface area contributed by atoms with Crippen LogP contribution in [-0.4, -0.2) is 26.5 Å². The number of nitrogens with zero attached hydrogens (tertiary/aromatic N) is 4. The van der Waals surface area contributed by atoms with Crippen LogP contribution in [0.2, 0.25) is 0 Å². The fourth-order valence-corrected chi connectivity index (χ4v) is 2.43. The maximum Gasteiger partial charge on any atom is 0.416 e. The second-order valence-corrected chi connectivity index (χ2v) is 5.46. The molecular formula is C16H15F3N4. The van der Waals surface area contributed by atoms with Crippen molar-refractivity contribution in [2.75, 3.05) is 7.05 Å². The van der Waals surface area contributed by atoms with Crippen LogP contribution in [0.1, 0.15) is 16.7 Å². The average molecular weight is 320 g/mol. The summed E-state index contributed by atoms with van der Waals surface area (Å²) in [4.78, 5) is 6.16. The molecule has 0 atom stereocenters. The molecule has 3 rings (SSSR count). The van der Waals surface area contributed by atoms with E-state index in [2.05, 4.69) is 10.1 Å². The number of hydrogen-bond donors (Lipinski definition) is 0. The summed E-state index contributed by atoms with van der Waals surface area (Å²) in [5.74, 6) is 0. The van der Waals surface area contributed by atoms with Gasteiger partial charge in [-0.05, 0) is 42.4 Å². The topological polar surface area (TPSA) is 33.4 Å². The minimum atomic E-state index is -4.29. The molecule has 120 valence electrons. The van der Waals surface area contributed by atoms with Gasteiger partial charge in [-0.1, -0.05) is 12.1 Å². The Hall–Kier alpha value is -2.41. The van der Waals surface area contributed by atoms with Gasteiger partial charge in [0.1, 0.15) is 6.33 Å². The van der Waals surface area contributed by atoms with Crippen molar-refractivity contribution in [1.82, 2.24) is 19.5 Å². The number of alkyl halides is 3. The van der Waals surface area contributed by atoms with Crippen molar-refractivity contribution in [1.29, 1.82) is 0 Å². The van der Waals surface area contributed by atoms with E-state index in [1.165, 1.54) is 18.5 Å². The molecule has 0 spiro atoms. The van der Waals surface area contributed by atoms with Crippen LogP contribution in [0.5, 0.6) is 0 Å². The molecular weight excluding hydrogens is 305 g/mol. The van der Waals surface area contributed by atoms with Gasteiger partial charge in [-0.25, -0.2) is 9.50 Å². The van der Waals surface area contributed by atoms with E-state index >= 15 is 0 Å². The molecule has 0 fully saturated rings. The molecule has 0 aliphatic carbocycles. The summed E-state index contributed by atoms with van der Waals surface area (Å²) in [5.41, 5.74) is 2.05. The molecule has 4 nitrogen and oxygen atoms in total. The zero-order chi connectivity index (χ0) is 16.4. The van der Waals surface area contributed by atoms with Gasteiger partial charge in [-0.2, -0.15) is 18.3 Å². The normalized spacial score (nSPS) is 12.2. The van der Waals surface area contributed by atoms with Crippen LogP contribution in [-0.2, 0) is 19.3 Å². The third-order valence-corrected chi connectivity index (χ3v) is 3.53. The summed E-state index contributed by atoms with van der Waals surface area (Å²) in [6.07, 6.45) is -0.966. The lowest BCUT2D eigenvalue weighted by atomic mass is 10.1. The minimum absolute atomic E-state index is 0.565. The van der Waals surface area contributed by atoms with Gasteiger partial charge < -0.3 is 0 Å². The molecule has 2 heterocycles. The monoisotopic (exact) mass is 320 g/mol. The SMILES string of the molecule is CN(Cc1ccc(C(F)(F)F)cc1)Cc1ccn2ncnc2c1. The standard InChI is InChI=1S/C16H15F3N4/c1-22(9-12-2-4-14(5-3-12)16(17,18)19)10-13-6-7-23-15(8-13)20-11-21-23/h2-8,11H,9-10H2,1H3. The zero-order valence-corrected chi connectivity index (χ0v) is 12.5. The molecule has 23 heavy (non-hydrogen) atoms. The lowest BCUT2D eigenvalue weighted by Gasteiger charge is -2.17. The number of hydrogen-bond acceptors (Lipinski definition) is 3. The number of benzene rings is 1. The van der Waals surface area contributed by atoms with Crippen LogP contribution in [0.25, 0.3) is 5.65 Å². The van der Waals surface area contributed by atoms with Crippen molar-refractivity contribution in [3.05, 3.63) is 65.6 Å². The first-order valence-corrected chi connectivity index (χ1v) is 7.05. The lowest BCUT2D eigenvalue weighted by molar-refractivity contribution is -0.137. The highest BCUT2D eigenvalue weighted by Crippen LogP contribution is 2.29. The highest BCUT2D eigenvalue weighted by molar-refractivity contribution is 5.39. The van der Waals surface area contributed by atoms with Crippen LogP contribution in [0, 0.1) is 0 Å². The predicted octanol–water partition coefficient (Wildman–Crippen LogP) is 3.38. The Morgan fingerprint density at radius 3 is 2.43 bits per heavy atom. The maximum atomic E-state index is 12.5. The van der Waals surface area contributed by atoms with E-state index in [9.17, 15) is 13.2 Å². The van der Waals surface area contributed by atoms with Crippen LogP contribution in [0.4, 0.5) is 13.2 Å². The Morgan fingerprint density at radius 2 is 1.74 bits per heavy atom. The summed E-state index contributed by atoms with van der Waals surface area (Å²) < 4.78 is 39.3. The van der Waals surface area contributed by atoms with E-state index in [4.69, 9.17) is 0 Å². The Kier molecular flexibility index (Phi) is 4.04. The molecule has 3 aromatic rings. The van der Waals surface area contributed by atoms with E-state index in [1.807, 2.05) is 30.3 Å². The lowest BCUT2D eigenvalue weighted by Crippen LogP contribution is -2.17. The van der Waals surface area contributed by atoms with Crippen LogP contribution < -0.4 is 0 Å². The first kappa shape index (κ1) is 15.5.